The third kappa shape index (κ3) is 3.32. The molecule has 1 aromatic rings. The highest BCUT2D eigenvalue weighted by atomic mass is 19.1. The molecule has 0 aliphatic carbocycles. The van der Waals surface area contributed by atoms with E-state index >= 15 is 0 Å². The van der Waals surface area contributed by atoms with Crippen molar-refractivity contribution in [1.82, 2.24) is 9.80 Å². The number of amides is 1. The van der Waals surface area contributed by atoms with E-state index in [9.17, 15) is 9.18 Å². The second-order valence-corrected chi connectivity index (χ2v) is 4.74. The van der Waals surface area contributed by atoms with E-state index in [0.717, 1.165) is 5.56 Å². The van der Waals surface area contributed by atoms with Crippen molar-refractivity contribution < 1.29 is 14.3 Å². The first kappa shape index (κ1) is 14.4. The average molecular weight is 277 g/mol. The van der Waals surface area contributed by atoms with E-state index in [1.165, 1.54) is 6.07 Å². The Balaban J connectivity index is 1.93. The molecule has 1 heterocycles. The van der Waals surface area contributed by atoms with Gasteiger partial charge in [-0.1, -0.05) is 6.07 Å². The molecule has 0 bridgehead atoms. The lowest BCUT2D eigenvalue weighted by Gasteiger charge is -2.34. The Labute approximate surface area is 116 Å². The maximum atomic E-state index is 13.2. The summed E-state index contributed by atoms with van der Waals surface area (Å²) in [5.74, 6) is -0.757. The topological polar surface area (TPSA) is 67.6 Å². The number of hydrogen-bond acceptors (Lipinski definition) is 4. The van der Waals surface area contributed by atoms with Gasteiger partial charge in [-0.25, -0.2) is 4.39 Å². The number of benzene rings is 1. The van der Waals surface area contributed by atoms with Crippen LogP contribution in [0.3, 0.4) is 0 Å². The summed E-state index contributed by atoms with van der Waals surface area (Å²) in [5, 5.41) is 17.6. The van der Waals surface area contributed by atoms with Gasteiger partial charge in [0.05, 0.1) is 5.56 Å². The van der Waals surface area contributed by atoms with Crippen molar-refractivity contribution >= 4 is 5.91 Å². The third-order valence-electron chi connectivity index (χ3n) is 3.42. The van der Waals surface area contributed by atoms with Crippen molar-refractivity contribution in [3.8, 4) is 6.07 Å². The largest absolute Gasteiger partial charge is 0.387 e. The van der Waals surface area contributed by atoms with Gasteiger partial charge in [-0.2, -0.15) is 5.26 Å². The second kappa shape index (κ2) is 6.46. The summed E-state index contributed by atoms with van der Waals surface area (Å²) in [6.45, 7) is 2.72. The number of piperazine rings is 1. The number of hydrogen-bond donors (Lipinski definition) is 1. The van der Waals surface area contributed by atoms with Crippen molar-refractivity contribution in [3.05, 3.63) is 35.1 Å². The van der Waals surface area contributed by atoms with Gasteiger partial charge in [-0.3, -0.25) is 9.69 Å². The number of aliphatic hydroxyl groups excluding tert-OH is 1. The molecule has 0 saturated carbocycles. The van der Waals surface area contributed by atoms with Crippen LogP contribution in [0, 0.1) is 17.1 Å². The van der Waals surface area contributed by atoms with Gasteiger partial charge in [0.15, 0.2) is 0 Å². The molecule has 20 heavy (non-hydrogen) atoms. The molecule has 1 saturated heterocycles. The molecule has 0 radical (unpaired) electrons. The van der Waals surface area contributed by atoms with Crippen LogP contribution in [0.2, 0.25) is 0 Å². The molecule has 6 heteroatoms. The summed E-state index contributed by atoms with van der Waals surface area (Å²) in [6.07, 6.45) is 0. The molecule has 1 aliphatic heterocycles. The van der Waals surface area contributed by atoms with Crippen LogP contribution in [0.5, 0.6) is 0 Å². The molecule has 0 spiro atoms. The minimum absolute atomic E-state index is 0.0524. The molecule has 1 fully saturated rings. The van der Waals surface area contributed by atoms with E-state index in [2.05, 4.69) is 4.90 Å². The lowest BCUT2D eigenvalue weighted by Crippen LogP contribution is -2.49. The summed E-state index contributed by atoms with van der Waals surface area (Å²) < 4.78 is 13.2. The van der Waals surface area contributed by atoms with E-state index in [-0.39, 0.29) is 11.5 Å². The third-order valence-corrected chi connectivity index (χ3v) is 3.42. The molecule has 1 amide bonds. The van der Waals surface area contributed by atoms with Crippen molar-refractivity contribution in [2.24, 2.45) is 0 Å². The fraction of sp³-hybridized carbons (Fsp3) is 0.429. The highest BCUT2D eigenvalue weighted by Crippen LogP contribution is 2.13. The van der Waals surface area contributed by atoms with Crippen LogP contribution in [0.25, 0.3) is 0 Å². The molecular weight excluding hydrogens is 261 g/mol. The minimum Gasteiger partial charge on any atom is -0.387 e. The predicted molar refractivity (Wildman–Crippen MR) is 70.1 cm³/mol. The van der Waals surface area contributed by atoms with Gasteiger partial charge >= 0.3 is 0 Å². The Morgan fingerprint density at radius 3 is 2.65 bits per heavy atom. The van der Waals surface area contributed by atoms with Gasteiger partial charge in [0.25, 0.3) is 0 Å². The number of nitrogens with zero attached hydrogens (tertiary/aromatic N) is 3. The molecule has 1 aromatic carbocycles. The summed E-state index contributed by atoms with van der Waals surface area (Å²) in [7, 11) is 0. The molecule has 106 valence electrons. The van der Waals surface area contributed by atoms with Crippen LogP contribution >= 0.6 is 0 Å². The Kier molecular flexibility index (Phi) is 4.66. The Morgan fingerprint density at radius 2 is 2.05 bits per heavy atom. The van der Waals surface area contributed by atoms with E-state index in [0.29, 0.717) is 32.7 Å². The molecule has 5 nitrogen and oxygen atoms in total. The highest BCUT2D eigenvalue weighted by molar-refractivity contribution is 5.77. The first-order chi connectivity index (χ1) is 9.63. The first-order valence-electron chi connectivity index (χ1n) is 6.43. The molecule has 1 N–H and O–H groups in total. The molecular formula is C14H16FN3O2. The van der Waals surface area contributed by atoms with Gasteiger partial charge in [-0.15, -0.1) is 0 Å². The summed E-state index contributed by atoms with van der Waals surface area (Å²) in [6, 6.07) is 6.36. The monoisotopic (exact) mass is 277 g/mol. The van der Waals surface area contributed by atoms with Crippen LogP contribution in [0.1, 0.15) is 11.1 Å². The Hall–Kier alpha value is -1.97. The summed E-state index contributed by atoms with van der Waals surface area (Å²) in [5.41, 5.74) is 0.932. The Bertz CT molecular complexity index is 534. The number of nitriles is 1. The number of aliphatic hydroxyl groups is 1. The number of carbonyl (C=O) groups excluding carboxylic acids is 1. The smallest absolute Gasteiger partial charge is 0.248 e. The van der Waals surface area contributed by atoms with Gasteiger partial charge in [0, 0.05) is 32.7 Å². The minimum atomic E-state index is -0.505. The van der Waals surface area contributed by atoms with Gasteiger partial charge in [-0.05, 0) is 17.7 Å². The van der Waals surface area contributed by atoms with Crippen molar-refractivity contribution in [2.45, 2.75) is 6.54 Å². The normalized spacial score (nSPS) is 15.9. The van der Waals surface area contributed by atoms with Gasteiger partial charge in [0.1, 0.15) is 18.5 Å². The van der Waals surface area contributed by atoms with Crippen molar-refractivity contribution in [2.75, 3.05) is 32.8 Å². The maximum Gasteiger partial charge on any atom is 0.248 e. The molecule has 1 aliphatic rings. The SMILES string of the molecule is N#Cc1cc(CN2CCN(C(=O)CO)CC2)ccc1F. The van der Waals surface area contributed by atoms with E-state index in [1.54, 1.807) is 17.0 Å². The zero-order valence-electron chi connectivity index (χ0n) is 11.0. The van der Waals surface area contributed by atoms with Crippen LogP contribution in [-0.2, 0) is 11.3 Å². The maximum absolute atomic E-state index is 13.2. The van der Waals surface area contributed by atoms with E-state index in [1.807, 2.05) is 6.07 Å². The zero-order valence-corrected chi connectivity index (χ0v) is 11.0. The number of halogens is 1. The van der Waals surface area contributed by atoms with Crippen LogP contribution in [0.4, 0.5) is 4.39 Å². The second-order valence-electron chi connectivity index (χ2n) is 4.74. The van der Waals surface area contributed by atoms with Crippen molar-refractivity contribution in [1.29, 1.82) is 5.26 Å². The summed E-state index contributed by atoms with van der Waals surface area (Å²) >= 11 is 0. The van der Waals surface area contributed by atoms with Crippen LogP contribution < -0.4 is 0 Å². The standard InChI is InChI=1S/C14H16FN3O2/c15-13-2-1-11(7-12(13)8-16)9-17-3-5-18(6-4-17)14(20)10-19/h1-2,7,19H,3-6,9-10H2. The molecule has 2 rings (SSSR count). The number of rotatable bonds is 3. The zero-order chi connectivity index (χ0) is 14.5. The lowest BCUT2D eigenvalue weighted by molar-refractivity contribution is -0.135. The van der Waals surface area contributed by atoms with Gasteiger partial charge in [0.2, 0.25) is 5.91 Å². The van der Waals surface area contributed by atoms with Crippen LogP contribution in [0.15, 0.2) is 18.2 Å². The van der Waals surface area contributed by atoms with E-state index in [4.69, 9.17) is 10.4 Å². The fourth-order valence-corrected chi connectivity index (χ4v) is 2.27. The Morgan fingerprint density at radius 1 is 1.35 bits per heavy atom. The number of carbonyl (C=O) groups is 1. The molecule has 0 aromatic heterocycles. The fourth-order valence-electron chi connectivity index (χ4n) is 2.27. The summed E-state index contributed by atoms with van der Waals surface area (Å²) in [4.78, 5) is 15.1. The molecule has 0 atom stereocenters. The van der Waals surface area contributed by atoms with E-state index < -0.39 is 12.4 Å². The predicted octanol–water partition coefficient (Wildman–Crippen LogP) is 0.334. The lowest BCUT2D eigenvalue weighted by atomic mass is 10.1. The van der Waals surface area contributed by atoms with Gasteiger partial charge < -0.3 is 10.0 Å². The van der Waals surface area contributed by atoms with Crippen LogP contribution in [-0.4, -0.2) is 53.6 Å². The van der Waals surface area contributed by atoms with Crippen molar-refractivity contribution in [3.63, 3.8) is 0 Å². The average Bonchev–Trinajstić information content (AvgIpc) is 2.49. The highest BCUT2D eigenvalue weighted by Gasteiger charge is 2.20. The molecule has 0 unspecified atom stereocenters. The first-order valence-corrected chi connectivity index (χ1v) is 6.43. The quantitative estimate of drug-likeness (QED) is 0.865.